The van der Waals surface area contributed by atoms with Gasteiger partial charge in [-0.2, -0.15) is 4.21 Å². The third kappa shape index (κ3) is 3.75. The van der Waals surface area contributed by atoms with E-state index in [0.717, 1.165) is 23.2 Å². The number of benzene rings is 2. The lowest BCUT2D eigenvalue weighted by Gasteiger charge is -2.52. The van der Waals surface area contributed by atoms with Crippen molar-refractivity contribution in [2.45, 2.75) is 43.7 Å². The Hall–Kier alpha value is -1.93. The predicted molar refractivity (Wildman–Crippen MR) is 119 cm³/mol. The van der Waals surface area contributed by atoms with Crippen LogP contribution in [0.4, 0.5) is 10.5 Å². The van der Waals surface area contributed by atoms with Crippen molar-refractivity contribution in [3.8, 4) is 0 Å². The average molecular weight is 451 g/mol. The van der Waals surface area contributed by atoms with E-state index < -0.39 is 9.53 Å². The largest absolute Gasteiger partial charge is 0.444 e. The number of aryl methyl sites for hydroxylation is 1. The van der Waals surface area contributed by atoms with E-state index in [4.69, 9.17) is 16.3 Å². The molecule has 0 radical (unpaired) electrons. The van der Waals surface area contributed by atoms with Gasteiger partial charge in [0.1, 0.15) is 6.61 Å². The molecule has 2 aromatic rings. The molecule has 1 N–H and O–H groups in total. The summed E-state index contributed by atoms with van der Waals surface area (Å²) >= 11 is 6.08. The molecule has 2 aromatic carbocycles. The first-order chi connectivity index (χ1) is 14.2. The molecule has 2 aliphatic rings. The highest BCUT2D eigenvalue weighted by Crippen LogP contribution is 2.38. The lowest BCUT2D eigenvalue weighted by Crippen LogP contribution is -2.56. The Kier molecular flexibility index (Phi) is 5.43. The van der Waals surface area contributed by atoms with Gasteiger partial charge < -0.3 is 4.74 Å². The molecule has 8 heteroatoms. The van der Waals surface area contributed by atoms with E-state index in [2.05, 4.69) is 6.92 Å². The van der Waals surface area contributed by atoms with Gasteiger partial charge in [-0.3, -0.25) is 9.45 Å². The molecule has 30 heavy (non-hydrogen) atoms. The van der Waals surface area contributed by atoms with E-state index >= 15 is 0 Å². The first-order valence-corrected chi connectivity index (χ1v) is 12.8. The number of hydrogen-bond donors (Lipinski definition) is 1. The second kappa shape index (κ2) is 7.64. The van der Waals surface area contributed by atoms with Gasteiger partial charge >= 0.3 is 6.09 Å². The summed E-state index contributed by atoms with van der Waals surface area (Å²) < 4.78 is 31.9. The van der Waals surface area contributed by atoms with Crippen molar-refractivity contribution in [3.63, 3.8) is 0 Å². The van der Waals surface area contributed by atoms with E-state index in [-0.39, 0.29) is 18.7 Å². The Morgan fingerprint density at radius 2 is 1.83 bits per heavy atom. The van der Waals surface area contributed by atoms with Crippen LogP contribution in [0.1, 0.15) is 30.9 Å². The molecule has 2 aliphatic heterocycles. The molecule has 4 rings (SSSR count). The Morgan fingerprint density at radius 1 is 1.17 bits per heavy atom. The standard InChI is InChI=1S/C22H27ClN2O4S/c1-3-16-4-7-20(8-5-16)30(2,27,28)24-12-10-19(11-13-24)25-21-9-6-18(23)14-17(21)15-29-22(25)26/h4-9,14,19H,3,10-13,15H2,1-2H3,(H,27,28). The Morgan fingerprint density at radius 3 is 2.47 bits per heavy atom. The molecule has 0 spiro atoms. The van der Waals surface area contributed by atoms with Crippen LogP contribution < -0.4 is 4.90 Å². The number of hydrogen-bond acceptors (Lipinski definition) is 3. The zero-order chi connectivity index (χ0) is 21.5. The maximum Gasteiger partial charge on any atom is 0.414 e. The van der Waals surface area contributed by atoms with Crippen molar-refractivity contribution in [2.75, 3.05) is 24.2 Å². The van der Waals surface area contributed by atoms with Gasteiger partial charge in [-0.05, 0) is 55.2 Å². The van der Waals surface area contributed by atoms with Crippen LogP contribution in [-0.4, -0.2) is 44.5 Å². The SMILES string of the molecule is CCc1ccc(S(C)(=O)(O)N2CCC(N3C(=O)OCc4cc(Cl)ccc43)CC2)cc1. The van der Waals surface area contributed by atoms with Crippen molar-refractivity contribution in [1.82, 2.24) is 4.31 Å². The summed E-state index contributed by atoms with van der Waals surface area (Å²) in [5.74, 6) is 0. The molecule has 0 atom stereocenters. The highest BCUT2D eigenvalue weighted by Gasteiger charge is 2.39. The maximum absolute atomic E-state index is 13.7. The highest BCUT2D eigenvalue weighted by atomic mass is 35.5. The zero-order valence-electron chi connectivity index (χ0n) is 17.2. The summed E-state index contributed by atoms with van der Waals surface area (Å²) in [5, 5.41) is 0.601. The minimum absolute atomic E-state index is 0.0976. The fourth-order valence-corrected chi connectivity index (χ4v) is 6.60. The van der Waals surface area contributed by atoms with Crippen molar-refractivity contribution < 1.29 is 18.3 Å². The summed E-state index contributed by atoms with van der Waals surface area (Å²) in [4.78, 5) is 14.6. The molecule has 0 unspecified atom stereocenters. The van der Waals surface area contributed by atoms with E-state index in [1.165, 1.54) is 6.26 Å². The number of fused-ring (bicyclic) bond motifs is 1. The van der Waals surface area contributed by atoms with Gasteiger partial charge in [0.25, 0.3) is 0 Å². The molecule has 0 aliphatic carbocycles. The first-order valence-electron chi connectivity index (χ1n) is 10.2. The topological polar surface area (TPSA) is 70.1 Å². The van der Waals surface area contributed by atoms with Crippen molar-refractivity contribution in [3.05, 3.63) is 58.6 Å². The molecule has 6 nitrogen and oxygen atoms in total. The van der Waals surface area contributed by atoms with Crippen molar-refractivity contribution >= 4 is 32.9 Å². The average Bonchev–Trinajstić information content (AvgIpc) is 2.74. The quantitative estimate of drug-likeness (QED) is 0.731. The number of rotatable bonds is 4. The molecule has 0 bridgehead atoms. The summed E-state index contributed by atoms with van der Waals surface area (Å²) in [6.45, 7) is 3.08. The number of piperidine rings is 1. The molecular weight excluding hydrogens is 424 g/mol. The number of anilines is 1. The summed E-state index contributed by atoms with van der Waals surface area (Å²) in [6.07, 6.45) is 3.08. The minimum Gasteiger partial charge on any atom is -0.444 e. The smallest absolute Gasteiger partial charge is 0.414 e. The van der Waals surface area contributed by atoms with Gasteiger partial charge in [0.05, 0.1) is 10.6 Å². The van der Waals surface area contributed by atoms with Crippen LogP contribution in [0.25, 0.3) is 0 Å². The number of cyclic esters (lactones) is 1. The third-order valence-electron chi connectivity index (χ3n) is 6.12. The van der Waals surface area contributed by atoms with Gasteiger partial charge in [0.2, 0.25) is 0 Å². The molecule has 0 saturated carbocycles. The van der Waals surface area contributed by atoms with Crippen LogP contribution in [0, 0.1) is 0 Å². The molecule has 1 fully saturated rings. The Bertz CT molecular complexity index is 1030. The molecule has 0 aromatic heterocycles. The van der Waals surface area contributed by atoms with Crippen LogP contribution in [-0.2, 0) is 27.3 Å². The van der Waals surface area contributed by atoms with E-state index in [0.29, 0.717) is 35.8 Å². The van der Waals surface area contributed by atoms with Gasteiger partial charge in [-0.1, -0.05) is 30.7 Å². The van der Waals surface area contributed by atoms with E-state index in [9.17, 15) is 13.6 Å². The first kappa shape index (κ1) is 21.3. The monoisotopic (exact) mass is 450 g/mol. The zero-order valence-corrected chi connectivity index (χ0v) is 18.8. The van der Waals surface area contributed by atoms with Crippen LogP contribution in [0.3, 0.4) is 0 Å². The van der Waals surface area contributed by atoms with Gasteiger partial charge in [-0.15, -0.1) is 9.53 Å². The number of ether oxygens (including phenoxy) is 1. The second-order valence-electron chi connectivity index (χ2n) is 8.09. The lowest BCUT2D eigenvalue weighted by molar-refractivity contribution is 0.135. The molecule has 1 saturated heterocycles. The van der Waals surface area contributed by atoms with Crippen molar-refractivity contribution in [2.24, 2.45) is 0 Å². The lowest BCUT2D eigenvalue weighted by atomic mass is 10.0. The van der Waals surface area contributed by atoms with Crippen LogP contribution in [0.2, 0.25) is 5.02 Å². The molecule has 162 valence electrons. The summed E-state index contributed by atoms with van der Waals surface area (Å²) in [5.41, 5.74) is 2.81. The molecule has 2 heterocycles. The van der Waals surface area contributed by atoms with Crippen molar-refractivity contribution in [1.29, 1.82) is 0 Å². The second-order valence-corrected chi connectivity index (χ2v) is 12.0. The van der Waals surface area contributed by atoms with E-state index in [1.807, 2.05) is 24.3 Å². The summed E-state index contributed by atoms with van der Waals surface area (Å²) in [7, 11) is -4.16. The number of carbonyl (C=O) groups excluding carboxylic acids is 1. The Balaban J connectivity index is 1.54. The van der Waals surface area contributed by atoms with Crippen LogP contribution in [0.5, 0.6) is 0 Å². The number of nitrogens with zero attached hydrogens (tertiary/aromatic N) is 2. The van der Waals surface area contributed by atoms with Gasteiger partial charge in [0.15, 0.2) is 0 Å². The minimum atomic E-state index is -4.16. The fourth-order valence-electron chi connectivity index (χ4n) is 4.28. The Labute approximate surface area is 182 Å². The normalized spacial score (nSPS) is 19.7. The molecule has 1 amide bonds. The van der Waals surface area contributed by atoms with Gasteiger partial charge in [0, 0.05) is 36.0 Å². The maximum atomic E-state index is 13.7. The van der Waals surface area contributed by atoms with Gasteiger partial charge in [-0.25, -0.2) is 9.10 Å². The van der Waals surface area contributed by atoms with E-state index in [1.54, 1.807) is 27.4 Å². The number of halogens is 1. The molecular formula is C22H27ClN2O4S. The fraction of sp³-hybridized carbons (Fsp3) is 0.409. The summed E-state index contributed by atoms with van der Waals surface area (Å²) in [6, 6.07) is 12.6. The van der Waals surface area contributed by atoms with Crippen LogP contribution >= 0.6 is 11.6 Å². The number of carbonyl (C=O) groups is 1. The third-order valence-corrected chi connectivity index (χ3v) is 9.29. The predicted octanol–water partition coefficient (Wildman–Crippen LogP) is 4.72. The number of amides is 1. The highest BCUT2D eigenvalue weighted by molar-refractivity contribution is 8.12. The van der Waals surface area contributed by atoms with Crippen LogP contribution in [0.15, 0.2) is 47.4 Å².